The normalized spacial score (nSPS) is 11.1. The van der Waals surface area contributed by atoms with Crippen molar-refractivity contribution >= 4 is 45.2 Å². The number of rotatable bonds is 8. The number of ether oxygens (including phenoxy) is 1. The van der Waals surface area contributed by atoms with E-state index in [1.165, 1.54) is 30.3 Å². The first-order valence-corrected chi connectivity index (χ1v) is 12.0. The Hall–Kier alpha value is -3.82. The van der Waals surface area contributed by atoms with Gasteiger partial charge in [-0.3, -0.25) is 25.2 Å². The van der Waals surface area contributed by atoms with Gasteiger partial charge in [-0.2, -0.15) is 0 Å². The summed E-state index contributed by atoms with van der Waals surface area (Å²) in [5.74, 6) is -0.662. The fraction of sp³-hybridized carbons (Fsp3) is 0.0833. The lowest BCUT2D eigenvalue weighted by molar-refractivity contribution is -0.123. The largest absolute Gasteiger partial charge is 0.484 e. The molecule has 3 N–H and O–H groups in total. The Balaban J connectivity index is 1.48. The number of hydrazine groups is 1. The number of aryl methyl sites for hydroxylation is 1. The van der Waals surface area contributed by atoms with Crippen LogP contribution in [0.4, 0.5) is 5.69 Å². The molecule has 2 amide bonds. The quantitative estimate of drug-likeness (QED) is 0.407. The van der Waals surface area contributed by atoms with Crippen LogP contribution in [-0.2, 0) is 14.8 Å². The molecule has 8 nitrogen and oxygen atoms in total. The smallest absolute Gasteiger partial charge is 0.276 e. The monoisotopic (exact) mass is 499 g/mol. The minimum atomic E-state index is -3.73. The maximum Gasteiger partial charge on any atom is 0.276 e. The maximum atomic E-state index is 12.2. The summed E-state index contributed by atoms with van der Waals surface area (Å²) < 4.78 is 32.2. The molecule has 3 aromatic rings. The zero-order valence-corrected chi connectivity index (χ0v) is 19.7. The van der Waals surface area contributed by atoms with Crippen LogP contribution >= 0.6 is 11.6 Å². The average molecular weight is 500 g/mol. The van der Waals surface area contributed by atoms with Gasteiger partial charge in [-0.25, -0.2) is 8.42 Å². The number of hydrogen-bond donors (Lipinski definition) is 3. The van der Waals surface area contributed by atoms with Gasteiger partial charge in [0, 0.05) is 16.3 Å². The van der Waals surface area contributed by atoms with Crippen LogP contribution in [0.3, 0.4) is 0 Å². The lowest BCUT2D eigenvalue weighted by Crippen LogP contribution is -2.43. The summed E-state index contributed by atoms with van der Waals surface area (Å²) in [5, 5.41) is 1.65. The summed E-state index contributed by atoms with van der Waals surface area (Å²) in [6.45, 7) is 1.51. The van der Waals surface area contributed by atoms with Gasteiger partial charge in [0.2, 0.25) is 0 Å². The Morgan fingerprint density at radius 3 is 2.35 bits per heavy atom. The van der Waals surface area contributed by atoms with Crippen LogP contribution in [0.25, 0.3) is 6.08 Å². The second-order valence-electron chi connectivity index (χ2n) is 7.14. The second-order valence-corrected chi connectivity index (χ2v) is 9.11. The predicted octanol–water partition coefficient (Wildman–Crippen LogP) is 3.90. The molecule has 0 aliphatic heterocycles. The van der Waals surface area contributed by atoms with E-state index in [1.807, 2.05) is 13.0 Å². The van der Waals surface area contributed by atoms with Crippen LogP contribution in [0, 0.1) is 6.92 Å². The van der Waals surface area contributed by atoms with Gasteiger partial charge in [0.15, 0.2) is 6.61 Å². The predicted molar refractivity (Wildman–Crippen MR) is 132 cm³/mol. The number of benzene rings is 3. The Kier molecular flexibility index (Phi) is 8.29. The van der Waals surface area contributed by atoms with Gasteiger partial charge in [0.1, 0.15) is 5.75 Å². The molecule has 0 radical (unpaired) electrons. The molecule has 34 heavy (non-hydrogen) atoms. The van der Waals surface area contributed by atoms with Crippen LogP contribution in [0.15, 0.2) is 78.2 Å². The molecule has 0 fully saturated rings. The average Bonchev–Trinajstić information content (AvgIpc) is 2.83. The molecule has 176 valence electrons. The molecule has 0 unspecified atom stereocenters. The molecule has 0 atom stereocenters. The highest BCUT2D eigenvalue weighted by Crippen LogP contribution is 2.20. The van der Waals surface area contributed by atoms with Gasteiger partial charge >= 0.3 is 0 Å². The van der Waals surface area contributed by atoms with Crippen LogP contribution in [0.2, 0.25) is 5.02 Å². The molecule has 0 saturated heterocycles. The van der Waals surface area contributed by atoms with Crippen molar-refractivity contribution in [2.75, 3.05) is 11.3 Å². The van der Waals surface area contributed by atoms with Gasteiger partial charge in [-0.1, -0.05) is 41.9 Å². The third-order valence-corrected chi connectivity index (χ3v) is 5.90. The van der Waals surface area contributed by atoms with Crippen molar-refractivity contribution in [3.05, 3.63) is 99.9 Å². The molecule has 0 heterocycles. The number of anilines is 1. The third-order valence-electron chi connectivity index (χ3n) is 4.46. The Morgan fingerprint density at radius 1 is 0.971 bits per heavy atom. The van der Waals surface area contributed by atoms with E-state index < -0.39 is 21.8 Å². The maximum absolute atomic E-state index is 12.2. The Morgan fingerprint density at radius 2 is 1.68 bits per heavy atom. The molecule has 0 aliphatic carbocycles. The highest BCUT2D eigenvalue weighted by atomic mass is 35.5. The number of halogens is 1. The van der Waals surface area contributed by atoms with Gasteiger partial charge in [-0.15, -0.1) is 0 Å². The van der Waals surface area contributed by atoms with Crippen LogP contribution in [-0.4, -0.2) is 26.8 Å². The Bertz CT molecular complexity index is 1290. The van der Waals surface area contributed by atoms with E-state index in [9.17, 15) is 18.0 Å². The Labute approximate surface area is 202 Å². The molecule has 3 aromatic carbocycles. The lowest BCUT2D eigenvalue weighted by Gasteiger charge is -2.10. The molecule has 0 bridgehead atoms. The molecule has 10 heteroatoms. The minimum absolute atomic E-state index is 0.220. The summed E-state index contributed by atoms with van der Waals surface area (Å²) in [4.78, 5) is 24.1. The molecule has 0 aromatic heterocycles. The lowest BCUT2D eigenvalue weighted by atomic mass is 10.2. The number of hydrogen-bond acceptors (Lipinski definition) is 5. The van der Waals surface area contributed by atoms with Crippen LogP contribution in [0.5, 0.6) is 5.75 Å². The molecular weight excluding hydrogens is 478 g/mol. The van der Waals surface area contributed by atoms with Crippen molar-refractivity contribution in [2.24, 2.45) is 0 Å². The van der Waals surface area contributed by atoms with Crippen molar-refractivity contribution in [3.8, 4) is 5.75 Å². The topological polar surface area (TPSA) is 114 Å². The zero-order chi connectivity index (χ0) is 24.6. The van der Waals surface area contributed by atoms with Crippen LogP contribution in [0.1, 0.15) is 21.5 Å². The summed E-state index contributed by atoms with van der Waals surface area (Å²) in [6, 6.07) is 19.7. The van der Waals surface area contributed by atoms with Crippen molar-refractivity contribution in [1.82, 2.24) is 10.9 Å². The number of carbonyl (C=O) groups is 2. The second kappa shape index (κ2) is 11.4. The number of carbonyl (C=O) groups excluding carboxylic acids is 2. The fourth-order valence-corrected chi connectivity index (χ4v) is 3.70. The summed E-state index contributed by atoms with van der Waals surface area (Å²) in [5.41, 5.74) is 6.58. The van der Waals surface area contributed by atoms with Crippen molar-refractivity contribution in [2.45, 2.75) is 6.92 Å². The number of nitrogens with one attached hydrogen (secondary N) is 3. The standard InChI is InChI=1S/C24H22ClN3O5S/c1-17-15-21(11-12-22(17)25)33-16-23(29)26-27-24(30)19-7-9-20(10-8-19)28-34(31,32)14-13-18-5-3-2-4-6-18/h2-15,28H,16H2,1H3,(H,26,29)(H,27,30)/b14-13+. The van der Waals surface area contributed by atoms with E-state index in [4.69, 9.17) is 16.3 Å². The first kappa shape index (κ1) is 24.8. The molecular formula is C24H22ClN3O5S. The zero-order valence-electron chi connectivity index (χ0n) is 18.1. The van der Waals surface area contributed by atoms with Gasteiger partial charge in [0.25, 0.3) is 21.8 Å². The first-order chi connectivity index (χ1) is 16.2. The summed E-state index contributed by atoms with van der Waals surface area (Å²) in [7, 11) is -3.73. The van der Waals surface area contributed by atoms with E-state index in [2.05, 4.69) is 15.6 Å². The summed E-state index contributed by atoms with van der Waals surface area (Å²) >= 11 is 5.95. The van der Waals surface area contributed by atoms with Crippen molar-refractivity contribution < 1.29 is 22.7 Å². The minimum Gasteiger partial charge on any atom is -0.484 e. The van der Waals surface area contributed by atoms with Crippen molar-refractivity contribution in [3.63, 3.8) is 0 Å². The van der Waals surface area contributed by atoms with E-state index in [1.54, 1.807) is 42.5 Å². The highest BCUT2D eigenvalue weighted by Gasteiger charge is 2.10. The fourth-order valence-electron chi connectivity index (χ4n) is 2.71. The van der Waals surface area contributed by atoms with Crippen LogP contribution < -0.4 is 20.3 Å². The molecule has 0 saturated carbocycles. The third kappa shape index (κ3) is 7.65. The van der Waals surface area contributed by atoms with E-state index in [0.717, 1.165) is 16.5 Å². The highest BCUT2D eigenvalue weighted by molar-refractivity contribution is 7.95. The molecule has 0 aliphatic rings. The number of sulfonamides is 1. The first-order valence-electron chi connectivity index (χ1n) is 10.1. The molecule has 0 spiro atoms. The van der Waals surface area contributed by atoms with Gasteiger partial charge in [-0.05, 0) is 66.6 Å². The van der Waals surface area contributed by atoms with Gasteiger partial charge < -0.3 is 4.74 Å². The number of amides is 2. The van der Waals surface area contributed by atoms with Crippen molar-refractivity contribution in [1.29, 1.82) is 0 Å². The summed E-state index contributed by atoms with van der Waals surface area (Å²) in [6.07, 6.45) is 1.48. The van der Waals surface area contributed by atoms with E-state index >= 15 is 0 Å². The molecule has 3 rings (SSSR count). The van der Waals surface area contributed by atoms with Gasteiger partial charge in [0.05, 0.1) is 5.41 Å². The van der Waals surface area contributed by atoms with E-state index in [-0.39, 0.29) is 17.9 Å². The van der Waals surface area contributed by atoms with E-state index in [0.29, 0.717) is 10.8 Å². The SMILES string of the molecule is Cc1cc(OCC(=O)NNC(=O)c2ccc(NS(=O)(=O)/C=C/c3ccccc3)cc2)ccc1Cl.